The first-order valence-corrected chi connectivity index (χ1v) is 6.52. The van der Waals surface area contributed by atoms with Gasteiger partial charge in [-0.1, -0.05) is 27.7 Å². The fourth-order valence-electron chi connectivity index (χ4n) is 1.68. The van der Waals surface area contributed by atoms with Crippen LogP contribution in [0.15, 0.2) is 0 Å². The summed E-state index contributed by atoms with van der Waals surface area (Å²) in [7, 11) is 0. The quantitative estimate of drug-likeness (QED) is 0.739. The molecule has 4 nitrogen and oxygen atoms in total. The van der Waals surface area contributed by atoms with Crippen molar-refractivity contribution >= 4 is 11.9 Å². The number of carbonyl (C=O) groups is 2. The van der Waals surface area contributed by atoms with Gasteiger partial charge in [0.15, 0.2) is 0 Å². The monoisotopic (exact) mass is 258 g/mol. The van der Waals surface area contributed by atoms with Crippen LogP contribution in [-0.4, -0.2) is 22.2 Å². The van der Waals surface area contributed by atoms with Gasteiger partial charge < -0.3 is 10.2 Å². The number of rotatable bonds is 5. The van der Waals surface area contributed by atoms with Crippen LogP contribution in [0.25, 0.3) is 0 Å². The van der Waals surface area contributed by atoms with Crippen LogP contribution in [0.4, 0.5) is 0 Å². The molecule has 4 heteroatoms. The van der Waals surface area contributed by atoms with E-state index >= 15 is 0 Å². The summed E-state index contributed by atoms with van der Waals surface area (Å²) in [6, 6.07) is 0. The summed E-state index contributed by atoms with van der Waals surface area (Å²) in [5.41, 5.74) is 1.24. The molecule has 0 atom stereocenters. The maximum absolute atomic E-state index is 9.90. The van der Waals surface area contributed by atoms with E-state index in [0.29, 0.717) is 23.7 Å². The lowest BCUT2D eigenvalue weighted by atomic mass is 9.53. The molecule has 18 heavy (non-hydrogen) atoms. The largest absolute Gasteiger partial charge is 0.481 e. The van der Waals surface area contributed by atoms with Crippen molar-refractivity contribution in [1.29, 1.82) is 0 Å². The van der Waals surface area contributed by atoms with Crippen LogP contribution in [0.1, 0.15) is 66.2 Å². The van der Waals surface area contributed by atoms with Crippen molar-refractivity contribution in [2.24, 2.45) is 10.8 Å². The predicted molar refractivity (Wildman–Crippen MR) is 70.5 cm³/mol. The second-order valence-electron chi connectivity index (χ2n) is 6.26. The molecular formula is C14H26O4. The van der Waals surface area contributed by atoms with E-state index in [0.717, 1.165) is 0 Å². The second-order valence-corrected chi connectivity index (χ2v) is 6.26. The normalized spacial score (nSPS) is 19.1. The zero-order chi connectivity index (χ0) is 14.4. The highest BCUT2D eigenvalue weighted by atomic mass is 16.4. The van der Waals surface area contributed by atoms with E-state index in [1.807, 2.05) is 0 Å². The molecule has 1 saturated carbocycles. The van der Waals surface area contributed by atoms with E-state index in [4.69, 9.17) is 10.2 Å². The molecule has 0 heterocycles. The summed E-state index contributed by atoms with van der Waals surface area (Å²) in [5.74, 6) is -1.74. The van der Waals surface area contributed by atoms with Gasteiger partial charge >= 0.3 is 11.9 Å². The van der Waals surface area contributed by atoms with Crippen LogP contribution >= 0.6 is 0 Å². The van der Waals surface area contributed by atoms with E-state index in [2.05, 4.69) is 27.7 Å². The average molecular weight is 258 g/mol. The molecule has 1 fully saturated rings. The van der Waals surface area contributed by atoms with Crippen molar-refractivity contribution in [2.75, 3.05) is 0 Å². The molecule has 0 unspecified atom stereocenters. The Kier molecular flexibility index (Phi) is 6.36. The number of unbranched alkanes of at least 4 members (excludes halogenated alkanes) is 1. The highest BCUT2D eigenvalue weighted by Gasteiger charge is 2.44. The number of hydrogen-bond donors (Lipinski definition) is 2. The minimum absolute atomic E-state index is 0.0628. The lowest BCUT2D eigenvalue weighted by Crippen LogP contribution is -2.42. The van der Waals surface area contributed by atoms with Gasteiger partial charge in [0, 0.05) is 12.8 Å². The summed E-state index contributed by atoms with van der Waals surface area (Å²) < 4.78 is 0. The molecule has 0 aromatic heterocycles. The molecule has 0 aliphatic heterocycles. The third-order valence-electron chi connectivity index (χ3n) is 4.24. The Labute approximate surface area is 109 Å². The molecule has 0 spiro atoms. The standard InChI is InChI=1S/C8H16.C6H10O4/c1-7(2)5-6-8(7,3)4;7-5(8)3-1-2-4-6(9)10/h5-6H2,1-4H3;1-4H2,(H,7,8)(H,9,10). The van der Waals surface area contributed by atoms with E-state index in [-0.39, 0.29) is 12.8 Å². The van der Waals surface area contributed by atoms with Gasteiger partial charge in [0.1, 0.15) is 0 Å². The Morgan fingerprint density at radius 1 is 0.833 bits per heavy atom. The molecule has 2 N–H and O–H groups in total. The first-order chi connectivity index (χ1) is 8.08. The third kappa shape index (κ3) is 6.03. The molecule has 0 radical (unpaired) electrons. The third-order valence-corrected chi connectivity index (χ3v) is 4.24. The maximum atomic E-state index is 9.90. The first kappa shape index (κ1) is 16.9. The molecular weight excluding hydrogens is 232 g/mol. The van der Waals surface area contributed by atoms with Crippen molar-refractivity contribution in [3.05, 3.63) is 0 Å². The van der Waals surface area contributed by atoms with Crippen LogP contribution in [0.5, 0.6) is 0 Å². The van der Waals surface area contributed by atoms with Crippen molar-refractivity contribution in [1.82, 2.24) is 0 Å². The maximum Gasteiger partial charge on any atom is 0.303 e. The van der Waals surface area contributed by atoms with E-state index in [1.165, 1.54) is 12.8 Å². The van der Waals surface area contributed by atoms with E-state index in [1.54, 1.807) is 0 Å². The molecule has 106 valence electrons. The van der Waals surface area contributed by atoms with Gasteiger partial charge in [-0.25, -0.2) is 0 Å². The van der Waals surface area contributed by atoms with Crippen LogP contribution in [-0.2, 0) is 9.59 Å². The molecule has 0 amide bonds. The fraction of sp³-hybridized carbons (Fsp3) is 0.857. The summed E-state index contributed by atoms with van der Waals surface area (Å²) in [5, 5.41) is 16.3. The van der Waals surface area contributed by atoms with Crippen LogP contribution in [0.3, 0.4) is 0 Å². The topological polar surface area (TPSA) is 74.6 Å². The molecule has 1 aliphatic carbocycles. The SMILES string of the molecule is CC1(C)CCC1(C)C.O=C(O)CCCCC(=O)O. The van der Waals surface area contributed by atoms with Crippen molar-refractivity contribution in [3.63, 3.8) is 0 Å². The fourth-order valence-corrected chi connectivity index (χ4v) is 1.68. The number of carboxylic acids is 2. The summed E-state index contributed by atoms with van der Waals surface area (Å²) >= 11 is 0. The van der Waals surface area contributed by atoms with E-state index in [9.17, 15) is 9.59 Å². The Hall–Kier alpha value is -1.06. The van der Waals surface area contributed by atoms with Gasteiger partial charge in [-0.15, -0.1) is 0 Å². The minimum Gasteiger partial charge on any atom is -0.481 e. The van der Waals surface area contributed by atoms with Crippen LogP contribution in [0, 0.1) is 10.8 Å². The van der Waals surface area contributed by atoms with Gasteiger partial charge in [-0.3, -0.25) is 9.59 Å². The molecule has 0 aromatic rings. The number of hydrogen-bond acceptors (Lipinski definition) is 2. The van der Waals surface area contributed by atoms with Gasteiger partial charge in [0.2, 0.25) is 0 Å². The molecule has 0 aromatic carbocycles. The summed E-state index contributed by atoms with van der Waals surface area (Å²) in [6.45, 7) is 9.43. The number of aliphatic carboxylic acids is 2. The zero-order valence-corrected chi connectivity index (χ0v) is 12.0. The Balaban J connectivity index is 0.000000327. The molecule has 0 bridgehead atoms. The van der Waals surface area contributed by atoms with Gasteiger partial charge in [0.25, 0.3) is 0 Å². The van der Waals surface area contributed by atoms with Crippen LogP contribution < -0.4 is 0 Å². The van der Waals surface area contributed by atoms with Crippen LogP contribution in [0.2, 0.25) is 0 Å². The number of carboxylic acid groups (broad SMARTS) is 2. The minimum atomic E-state index is -0.870. The Bertz CT molecular complexity index is 262. The lowest BCUT2D eigenvalue weighted by Gasteiger charge is -2.52. The second kappa shape index (κ2) is 6.76. The van der Waals surface area contributed by atoms with Crippen molar-refractivity contribution < 1.29 is 19.8 Å². The molecule has 1 rings (SSSR count). The first-order valence-electron chi connectivity index (χ1n) is 6.52. The smallest absolute Gasteiger partial charge is 0.303 e. The van der Waals surface area contributed by atoms with Gasteiger partial charge in [-0.05, 0) is 36.5 Å². The molecule has 1 aliphatic rings. The highest BCUT2D eigenvalue weighted by Crippen LogP contribution is 2.55. The van der Waals surface area contributed by atoms with Gasteiger partial charge in [0.05, 0.1) is 0 Å². The van der Waals surface area contributed by atoms with Crippen molar-refractivity contribution in [3.8, 4) is 0 Å². The predicted octanol–water partition coefficient (Wildman–Crippen LogP) is 3.55. The summed E-state index contributed by atoms with van der Waals surface area (Å²) in [4.78, 5) is 19.8. The Morgan fingerprint density at radius 2 is 1.11 bits per heavy atom. The highest BCUT2D eigenvalue weighted by molar-refractivity contribution is 5.67. The summed E-state index contributed by atoms with van der Waals surface area (Å²) in [6.07, 6.45) is 3.85. The Morgan fingerprint density at radius 3 is 1.22 bits per heavy atom. The lowest BCUT2D eigenvalue weighted by molar-refractivity contribution is -0.139. The average Bonchev–Trinajstić information content (AvgIpc) is 2.23. The van der Waals surface area contributed by atoms with E-state index < -0.39 is 11.9 Å². The van der Waals surface area contributed by atoms with Crippen molar-refractivity contribution in [2.45, 2.75) is 66.2 Å². The van der Waals surface area contributed by atoms with Gasteiger partial charge in [-0.2, -0.15) is 0 Å². The molecule has 0 saturated heterocycles. The zero-order valence-electron chi connectivity index (χ0n) is 12.0.